The van der Waals surface area contributed by atoms with E-state index in [2.05, 4.69) is 138 Å². The fourth-order valence-corrected chi connectivity index (χ4v) is 5.59. The van der Waals surface area contributed by atoms with Gasteiger partial charge in [-0.25, -0.2) is 0 Å². The second-order valence-corrected chi connectivity index (χ2v) is 8.89. The monoisotopic (exact) mass is 634 g/mol. The smallest absolute Gasteiger partial charge is 0.0285 e. The zero-order chi connectivity index (χ0) is 24.5. The van der Waals surface area contributed by atoms with E-state index in [9.17, 15) is 0 Å². The van der Waals surface area contributed by atoms with Gasteiger partial charge >= 0.3 is 28.4 Å². The van der Waals surface area contributed by atoms with Crippen LogP contribution in [0.25, 0.3) is 64.6 Å². The van der Waals surface area contributed by atoms with Gasteiger partial charge in [-0.2, -0.15) is 0 Å². The molecule has 0 fully saturated rings. The molecular weight excluding hydrogens is 607 g/mol. The van der Waals surface area contributed by atoms with Crippen LogP contribution in [0.2, 0.25) is 0 Å². The Bertz CT molecular complexity index is 1710. The maximum absolute atomic E-state index is 3.34. The Labute approximate surface area is 264 Å². The second kappa shape index (κ2) is 14.5. The molecule has 0 nitrogen and oxygen atoms in total. The Morgan fingerprint density at radius 3 is 0.900 bits per heavy atom. The molecule has 0 saturated heterocycles. The summed E-state index contributed by atoms with van der Waals surface area (Å²) in [7, 11) is 0. The Morgan fingerprint density at radius 2 is 0.575 bits per heavy atom. The first-order chi connectivity index (χ1) is 17.9. The molecule has 0 radical (unpaired) electrons. The third-order valence-electron chi connectivity index (χ3n) is 7.08. The van der Waals surface area contributed by atoms with Crippen molar-refractivity contribution in [3.63, 3.8) is 0 Å². The fraction of sp³-hybridized carbons (Fsp3) is 0. The first-order valence-corrected chi connectivity index (χ1v) is 13.9. The van der Waals surface area contributed by atoms with Gasteiger partial charge in [0.05, 0.1) is 0 Å². The maximum atomic E-state index is 3.34. The van der Waals surface area contributed by atoms with E-state index in [0.29, 0.717) is 0 Å². The van der Waals surface area contributed by atoms with E-state index in [1.54, 1.807) is 0 Å². The minimum atomic E-state index is 0. The molecule has 0 amide bonds. The molecule has 0 atom stereocenters. The molecule has 3 heteroatoms. The molecule has 0 aliphatic rings. The molecule has 8 rings (SSSR count). The number of hydrogen-bond donors (Lipinski definition) is 0. The molecule has 40 heavy (non-hydrogen) atoms. The summed E-state index contributed by atoms with van der Waals surface area (Å²) in [5, 5.41) is 16.2. The number of fused-ring (bicyclic) bond motifs is 12. The van der Waals surface area contributed by atoms with E-state index >= 15 is 0 Å². The van der Waals surface area contributed by atoms with Gasteiger partial charge < -0.3 is 39.7 Å². The van der Waals surface area contributed by atoms with Crippen LogP contribution in [0.5, 0.6) is 0 Å². The van der Waals surface area contributed by atoms with E-state index in [1.807, 2.05) is 0 Å². The van der Waals surface area contributed by atoms with Crippen LogP contribution in [0.3, 0.4) is 0 Å². The van der Waals surface area contributed by atoms with Crippen molar-refractivity contribution in [2.75, 3.05) is 0 Å². The second-order valence-electron chi connectivity index (χ2n) is 8.89. The molecule has 8 aromatic rings. The minimum absolute atomic E-state index is 0. The zero-order valence-corrected chi connectivity index (χ0v) is 26.6. The van der Waals surface area contributed by atoms with Gasteiger partial charge in [-0.05, 0) is 10.8 Å². The topological polar surface area (TPSA) is 0 Å². The average molecular weight is 637 g/mol. The largest absolute Gasteiger partial charge is 1.00 e. The van der Waals surface area contributed by atoms with Gasteiger partial charge in [0.2, 0.25) is 0 Å². The fourth-order valence-electron chi connectivity index (χ4n) is 5.59. The molecule has 8 aromatic carbocycles. The quantitative estimate of drug-likeness (QED) is 0.169. The Morgan fingerprint density at radius 1 is 0.350 bits per heavy atom. The van der Waals surface area contributed by atoms with Crippen molar-refractivity contribution in [3.05, 3.63) is 148 Å². The van der Waals surface area contributed by atoms with E-state index in [0.717, 1.165) is 0 Å². The molecule has 0 aromatic heterocycles. The maximum Gasteiger partial charge on any atom is -0.0285 e. The number of hydrogen-bond acceptors (Lipinski definition) is 0. The normalized spacial score (nSPS) is 9.95. The third-order valence-corrected chi connectivity index (χ3v) is 7.08. The summed E-state index contributed by atoms with van der Waals surface area (Å²) in [6.07, 6.45) is 0. The van der Waals surface area contributed by atoms with Crippen molar-refractivity contribution in [3.8, 4) is 0 Å². The van der Waals surface area contributed by atoms with Crippen molar-refractivity contribution in [2.24, 2.45) is 0 Å². The Balaban J connectivity index is 0.000000241. The molecule has 0 heterocycles. The van der Waals surface area contributed by atoms with Crippen molar-refractivity contribution >= 4 is 68.8 Å². The van der Waals surface area contributed by atoms with Crippen molar-refractivity contribution in [1.29, 1.82) is 0 Å². The molecule has 0 aliphatic heterocycles. The van der Waals surface area contributed by atoms with Gasteiger partial charge in [-0.15, -0.1) is 70.1 Å². The van der Waals surface area contributed by atoms with E-state index in [1.165, 1.54) is 88.9 Å². The van der Waals surface area contributed by atoms with Crippen LogP contribution < -0.4 is 24.8 Å². The summed E-state index contributed by atoms with van der Waals surface area (Å²) in [5.74, 6) is 0. The summed E-state index contributed by atoms with van der Waals surface area (Å²) >= 11 is 1.30. The van der Waals surface area contributed by atoms with E-state index in [4.69, 9.17) is 0 Å². The number of benzene rings is 6. The molecule has 0 saturated carbocycles. The van der Waals surface area contributed by atoms with Gasteiger partial charge in [0.25, 0.3) is 0 Å². The average Bonchev–Trinajstić information content (AvgIpc) is 3.66. The predicted octanol–water partition coefficient (Wildman–Crippen LogP) is 4.60. The Hall–Kier alpha value is -3.09. The van der Waals surface area contributed by atoms with Crippen molar-refractivity contribution in [2.45, 2.75) is 0 Å². The molecule has 0 spiro atoms. The van der Waals surface area contributed by atoms with Crippen LogP contribution >= 0.6 is 0 Å². The van der Waals surface area contributed by atoms with Crippen LogP contribution in [0.4, 0.5) is 0 Å². The van der Waals surface area contributed by atoms with E-state index < -0.39 is 0 Å². The summed E-state index contributed by atoms with van der Waals surface area (Å²) in [5.41, 5.74) is 0. The first-order valence-electron chi connectivity index (χ1n) is 12.2. The summed E-state index contributed by atoms with van der Waals surface area (Å²) in [6, 6.07) is 47.8. The van der Waals surface area contributed by atoms with Crippen LogP contribution in [-0.4, -0.2) is 4.21 Å². The summed E-state index contributed by atoms with van der Waals surface area (Å²) in [4.78, 5) is 0. The van der Waals surface area contributed by atoms with Crippen LogP contribution in [0.15, 0.2) is 133 Å². The van der Waals surface area contributed by atoms with Crippen LogP contribution in [-0.2, 0) is 24.2 Å². The molecule has 200 valence electrons. The summed E-state index contributed by atoms with van der Waals surface area (Å²) < 4.78 is 3.34. The predicted molar refractivity (Wildman–Crippen MR) is 169 cm³/mol. The first kappa shape index (κ1) is 33.1. The van der Waals surface area contributed by atoms with Crippen molar-refractivity contribution < 1.29 is 49.0 Å². The third kappa shape index (κ3) is 5.57. The van der Waals surface area contributed by atoms with Gasteiger partial charge in [-0.3, -0.25) is 0 Å². The van der Waals surface area contributed by atoms with E-state index in [-0.39, 0.29) is 39.7 Å². The Kier molecular flexibility index (Phi) is 12.0. The summed E-state index contributed by atoms with van der Waals surface area (Å²) in [6.45, 7) is 0. The zero-order valence-electron chi connectivity index (χ0n) is 22.7. The van der Waals surface area contributed by atoms with Crippen LogP contribution in [0, 0.1) is 14.9 Å². The number of rotatable bonds is 0. The van der Waals surface area contributed by atoms with Crippen LogP contribution in [0.1, 0.15) is 0 Å². The molecule has 0 unspecified atom stereocenters. The van der Waals surface area contributed by atoms with Gasteiger partial charge in [-0.1, -0.05) is 117 Å². The molecule has 0 aliphatic carbocycles. The van der Waals surface area contributed by atoms with Crippen molar-refractivity contribution in [1.82, 2.24) is 0 Å². The SMILES string of the molecule is [CH2]=[Zr+2].[CH3-].[CH3-].[Cl-].[Cl-].c1ccc2c(c1)c1cccc1c1[cH-]cccc21.c1ccc2c(c1)c1cccc1c1[cH-]cccc21. The number of halogens is 2. The molecule has 0 bridgehead atoms. The van der Waals surface area contributed by atoms with Gasteiger partial charge in [0.15, 0.2) is 0 Å². The molecular formula is C37H30Cl2Zr-4. The minimum Gasteiger partial charge on any atom is -1.00 e. The van der Waals surface area contributed by atoms with Gasteiger partial charge in [0.1, 0.15) is 0 Å². The standard InChI is InChI=1S/2C17H11.2CH3.CH2.2ClH.Zr/c2*1-3-8-14-12(6-1)13-7-2-4-9-15(13)17-11-5-10-16(14)17;;;;;;/h2*1-11H;2*1H3;1H2;2*1H;/q4*-1;;;;+2/p-2. The molecule has 0 N–H and O–H groups in total. The van der Waals surface area contributed by atoms with Gasteiger partial charge in [0, 0.05) is 0 Å².